The first kappa shape index (κ1) is 17.7. The van der Waals surface area contributed by atoms with E-state index in [1.807, 2.05) is 25.1 Å². The van der Waals surface area contributed by atoms with Crippen LogP contribution in [-0.4, -0.2) is 32.7 Å². The molecule has 0 unspecified atom stereocenters. The van der Waals surface area contributed by atoms with Crippen molar-refractivity contribution in [3.8, 4) is 0 Å². The minimum atomic E-state index is -1.08. The number of hydrogen-bond acceptors (Lipinski definition) is 4. The lowest BCUT2D eigenvalue weighted by Gasteiger charge is -2.11. The molecule has 134 valence electrons. The molecule has 1 N–H and O–H groups in total. The second-order valence-corrected chi connectivity index (χ2v) is 7.97. The minimum absolute atomic E-state index is 0.281. The van der Waals surface area contributed by atoms with E-state index in [1.54, 1.807) is 0 Å². The summed E-state index contributed by atoms with van der Waals surface area (Å²) in [7, 11) is 0. The molecule has 4 rings (SSSR count). The van der Waals surface area contributed by atoms with Crippen molar-refractivity contribution in [2.24, 2.45) is 0 Å². The van der Waals surface area contributed by atoms with Crippen LogP contribution in [0.3, 0.4) is 0 Å². The smallest absolute Gasteiger partial charge is 0.323 e. The summed E-state index contributed by atoms with van der Waals surface area (Å²) in [5.74, 6) is -1.42. The first-order valence-electron chi connectivity index (χ1n) is 8.34. The number of hydrogen-bond donors (Lipinski definition) is 1. The van der Waals surface area contributed by atoms with E-state index in [4.69, 9.17) is 17.3 Å². The lowest BCUT2D eigenvalue weighted by Crippen LogP contribution is -2.33. The van der Waals surface area contributed by atoms with Crippen LogP contribution in [0.25, 0.3) is 27.1 Å². The van der Waals surface area contributed by atoms with Gasteiger partial charge in [0.25, 0.3) is 5.91 Å². The topological polar surface area (TPSA) is 57.6 Å². The number of fused-ring (bicyclic) bond motifs is 3. The Bertz CT molecular complexity index is 1170. The van der Waals surface area contributed by atoms with Gasteiger partial charge in [-0.05, 0) is 45.7 Å². The summed E-state index contributed by atoms with van der Waals surface area (Å²) < 4.78 is 0.281. The van der Waals surface area contributed by atoms with E-state index in [1.165, 1.54) is 10.8 Å². The van der Waals surface area contributed by atoms with E-state index >= 15 is 0 Å². The fourth-order valence-corrected chi connectivity index (χ4v) is 4.58. The summed E-state index contributed by atoms with van der Waals surface area (Å²) in [5, 5.41) is 13.6. The second kappa shape index (κ2) is 6.79. The highest BCUT2D eigenvalue weighted by Gasteiger charge is 2.34. The van der Waals surface area contributed by atoms with Crippen molar-refractivity contribution in [3.63, 3.8) is 0 Å². The molecule has 0 radical (unpaired) electrons. The van der Waals surface area contributed by atoms with Crippen LogP contribution in [0.5, 0.6) is 0 Å². The molecule has 6 heteroatoms. The highest BCUT2D eigenvalue weighted by Crippen LogP contribution is 2.37. The Morgan fingerprint density at radius 3 is 2.56 bits per heavy atom. The number of carboxylic acids is 1. The Morgan fingerprint density at radius 1 is 1.07 bits per heavy atom. The molecule has 0 spiro atoms. The first-order chi connectivity index (χ1) is 13.0. The zero-order chi connectivity index (χ0) is 19.1. The third-order valence-corrected chi connectivity index (χ3v) is 6.21. The maximum absolute atomic E-state index is 12.6. The third kappa shape index (κ3) is 3.11. The maximum atomic E-state index is 12.6. The van der Waals surface area contributed by atoms with Gasteiger partial charge in [0.15, 0.2) is 0 Å². The van der Waals surface area contributed by atoms with Gasteiger partial charge in [-0.3, -0.25) is 14.5 Å². The molecule has 1 aliphatic rings. The number of carbonyl (C=O) groups excluding carboxylic acids is 1. The van der Waals surface area contributed by atoms with Crippen LogP contribution in [0.1, 0.15) is 12.5 Å². The van der Waals surface area contributed by atoms with E-state index in [-0.39, 0.29) is 10.2 Å². The van der Waals surface area contributed by atoms with Crippen LogP contribution in [0, 0.1) is 0 Å². The number of carboxylic acid groups (broad SMARTS) is 1. The predicted octanol–water partition coefficient (Wildman–Crippen LogP) is 4.67. The number of aliphatic carboxylic acids is 1. The summed E-state index contributed by atoms with van der Waals surface area (Å²) in [6.07, 6.45) is 0. The van der Waals surface area contributed by atoms with Crippen LogP contribution in [0.2, 0.25) is 0 Å². The van der Waals surface area contributed by atoms with Gasteiger partial charge >= 0.3 is 5.97 Å². The summed E-state index contributed by atoms with van der Waals surface area (Å²) >= 11 is 6.34. The van der Waals surface area contributed by atoms with E-state index in [9.17, 15) is 9.59 Å². The van der Waals surface area contributed by atoms with Gasteiger partial charge in [-0.15, -0.1) is 0 Å². The Hall–Kier alpha value is -2.70. The van der Waals surface area contributed by atoms with Crippen molar-refractivity contribution in [1.29, 1.82) is 0 Å². The SMILES string of the molecule is C/C(=C1/SC(=S)N(CC(=O)O)C1=O)c1ccc2c(ccc3ccccc32)c1. The third-order valence-electron chi connectivity index (χ3n) is 4.66. The van der Waals surface area contributed by atoms with Crippen molar-refractivity contribution in [1.82, 2.24) is 4.90 Å². The number of thiocarbonyl (C=S) groups is 1. The molecule has 0 bridgehead atoms. The molecule has 0 aromatic heterocycles. The molecule has 3 aromatic rings. The zero-order valence-electron chi connectivity index (χ0n) is 14.4. The van der Waals surface area contributed by atoms with Gasteiger partial charge in [0.2, 0.25) is 0 Å². The largest absolute Gasteiger partial charge is 0.480 e. The minimum Gasteiger partial charge on any atom is -0.480 e. The molecule has 0 aliphatic carbocycles. The Balaban J connectivity index is 1.79. The number of allylic oxidation sites excluding steroid dienone is 1. The number of carbonyl (C=O) groups is 2. The average Bonchev–Trinajstić information content (AvgIpc) is 2.94. The first-order valence-corrected chi connectivity index (χ1v) is 9.56. The molecule has 0 saturated carbocycles. The van der Waals surface area contributed by atoms with Crippen molar-refractivity contribution in [3.05, 3.63) is 65.1 Å². The molecular formula is C21H15NO3S2. The van der Waals surface area contributed by atoms with Crippen molar-refractivity contribution in [2.45, 2.75) is 6.92 Å². The standard InChI is InChI=1S/C21H15NO3S2/c1-12(19-20(25)22(11-18(23)24)21(26)27-19)14-8-9-17-15(10-14)7-6-13-4-2-3-5-16(13)17/h2-10H,11H2,1H3,(H,23,24)/b19-12-. The molecule has 1 amide bonds. The lowest BCUT2D eigenvalue weighted by molar-refractivity contribution is -0.140. The molecule has 0 atom stereocenters. The average molecular weight is 393 g/mol. The number of nitrogens with zero attached hydrogens (tertiary/aromatic N) is 1. The fraction of sp³-hybridized carbons (Fsp3) is 0.0952. The van der Waals surface area contributed by atoms with Gasteiger partial charge in [-0.25, -0.2) is 0 Å². The molecule has 4 nitrogen and oxygen atoms in total. The highest BCUT2D eigenvalue weighted by atomic mass is 32.2. The lowest BCUT2D eigenvalue weighted by atomic mass is 9.97. The zero-order valence-corrected chi connectivity index (χ0v) is 16.1. The van der Waals surface area contributed by atoms with Gasteiger partial charge < -0.3 is 5.11 Å². The van der Waals surface area contributed by atoms with Crippen LogP contribution in [0.4, 0.5) is 0 Å². The fourth-order valence-electron chi connectivity index (χ4n) is 3.28. The van der Waals surface area contributed by atoms with E-state index in [0.29, 0.717) is 4.91 Å². The molecule has 1 fully saturated rings. The molecule has 1 heterocycles. The van der Waals surface area contributed by atoms with Crippen LogP contribution >= 0.6 is 24.0 Å². The summed E-state index contributed by atoms with van der Waals surface area (Å²) in [5.41, 5.74) is 1.73. The molecule has 1 saturated heterocycles. The second-order valence-electron chi connectivity index (χ2n) is 6.33. The van der Waals surface area contributed by atoms with Gasteiger partial charge in [0, 0.05) is 0 Å². The van der Waals surface area contributed by atoms with Gasteiger partial charge in [0.1, 0.15) is 10.9 Å². The normalized spacial score (nSPS) is 16.4. The molecule has 27 heavy (non-hydrogen) atoms. The predicted molar refractivity (Wildman–Crippen MR) is 114 cm³/mol. The summed E-state index contributed by atoms with van der Waals surface area (Å²) in [6.45, 7) is 1.46. The van der Waals surface area contributed by atoms with Crippen LogP contribution < -0.4 is 0 Å². The van der Waals surface area contributed by atoms with Crippen LogP contribution in [-0.2, 0) is 9.59 Å². The number of amides is 1. The van der Waals surface area contributed by atoms with Gasteiger partial charge in [0.05, 0.1) is 4.91 Å². The summed E-state index contributed by atoms with van der Waals surface area (Å²) in [6, 6.07) is 18.5. The van der Waals surface area contributed by atoms with E-state index in [2.05, 4.69) is 36.4 Å². The highest BCUT2D eigenvalue weighted by molar-refractivity contribution is 8.26. The Labute approximate surface area is 165 Å². The summed E-state index contributed by atoms with van der Waals surface area (Å²) in [4.78, 5) is 25.2. The quantitative estimate of drug-likeness (QED) is 0.398. The van der Waals surface area contributed by atoms with Crippen molar-refractivity contribution < 1.29 is 14.7 Å². The van der Waals surface area contributed by atoms with Gasteiger partial charge in [-0.1, -0.05) is 72.5 Å². The number of benzene rings is 3. The maximum Gasteiger partial charge on any atom is 0.323 e. The van der Waals surface area contributed by atoms with Crippen molar-refractivity contribution in [2.75, 3.05) is 6.54 Å². The Morgan fingerprint density at radius 2 is 1.78 bits per heavy atom. The molecular weight excluding hydrogens is 378 g/mol. The Kier molecular flexibility index (Phi) is 4.45. The van der Waals surface area contributed by atoms with E-state index < -0.39 is 12.5 Å². The van der Waals surface area contributed by atoms with Crippen LogP contribution in [0.15, 0.2) is 59.5 Å². The molecule has 1 aliphatic heterocycles. The number of rotatable bonds is 3. The number of thioether (sulfide) groups is 1. The monoisotopic (exact) mass is 393 g/mol. The van der Waals surface area contributed by atoms with Gasteiger partial charge in [-0.2, -0.15) is 0 Å². The van der Waals surface area contributed by atoms with E-state index in [0.717, 1.165) is 38.6 Å². The van der Waals surface area contributed by atoms with Crippen molar-refractivity contribution >= 4 is 67.3 Å². The molecule has 3 aromatic carbocycles.